The molecule has 1 heterocycles. The Morgan fingerprint density at radius 1 is 1.50 bits per heavy atom. The molecule has 1 rings (SSSR count). The predicted octanol–water partition coefficient (Wildman–Crippen LogP) is -0.876. The summed E-state index contributed by atoms with van der Waals surface area (Å²) in [6, 6.07) is 0. The number of hydrogen-bond donors (Lipinski definition) is 1. The first-order chi connectivity index (χ1) is 3.63. The van der Waals surface area contributed by atoms with Gasteiger partial charge in [-0.05, 0) is 0 Å². The van der Waals surface area contributed by atoms with Gasteiger partial charge in [0, 0.05) is 6.54 Å². The predicted molar refractivity (Wildman–Crippen MR) is 27.2 cm³/mol. The van der Waals surface area contributed by atoms with Gasteiger partial charge in [0.2, 0.25) is 9.84 Å². The average Bonchev–Trinajstić information content (AvgIpc) is 1.86. The van der Waals surface area contributed by atoms with E-state index in [1.54, 1.807) is 0 Å². The largest absolute Gasteiger partial charge is 0.342 e. The first-order valence-electron chi connectivity index (χ1n) is 2.13. The number of nitrogens with one attached hydrogen (secondary N) is 1. The first-order valence-corrected chi connectivity index (χ1v) is 3.79. The molecule has 1 aliphatic heterocycles. The Balaban J connectivity index is 3.02. The molecular weight excluding hydrogens is 130 g/mol. The third-order valence-corrected chi connectivity index (χ3v) is 2.37. The monoisotopic (exact) mass is 135 g/mol. The van der Waals surface area contributed by atoms with Crippen molar-refractivity contribution in [2.75, 3.05) is 12.3 Å². The smallest absolute Gasteiger partial charge is 0.336 e. The number of carbonyl (C=O) groups excluding carboxylic acids is 1. The molecule has 46 valence electrons. The molecule has 0 aromatic heterocycles. The van der Waals surface area contributed by atoms with Crippen molar-refractivity contribution in [1.82, 2.24) is 5.32 Å². The topological polar surface area (TPSA) is 63.2 Å². The van der Waals surface area contributed by atoms with Crippen molar-refractivity contribution in [1.29, 1.82) is 0 Å². The lowest BCUT2D eigenvalue weighted by molar-refractivity contribution is 0.260. The van der Waals surface area contributed by atoms with Gasteiger partial charge < -0.3 is 5.32 Å². The highest BCUT2D eigenvalue weighted by atomic mass is 32.2. The van der Waals surface area contributed by atoms with E-state index in [-0.39, 0.29) is 12.3 Å². The van der Waals surface area contributed by atoms with Crippen molar-refractivity contribution in [3.8, 4) is 0 Å². The van der Waals surface area contributed by atoms with Crippen LogP contribution in [0.25, 0.3) is 0 Å². The summed E-state index contributed by atoms with van der Waals surface area (Å²) >= 11 is 0. The van der Waals surface area contributed by atoms with Gasteiger partial charge in [0.15, 0.2) is 0 Å². The van der Waals surface area contributed by atoms with E-state index in [9.17, 15) is 13.2 Å². The van der Waals surface area contributed by atoms with Crippen LogP contribution in [0.15, 0.2) is 0 Å². The van der Waals surface area contributed by atoms with Crippen LogP contribution in [0.2, 0.25) is 0 Å². The lowest BCUT2D eigenvalue weighted by Crippen LogP contribution is -2.16. The molecule has 1 amide bonds. The van der Waals surface area contributed by atoms with Gasteiger partial charge in [-0.1, -0.05) is 0 Å². The molecule has 0 unspecified atom stereocenters. The van der Waals surface area contributed by atoms with Crippen molar-refractivity contribution in [3.05, 3.63) is 0 Å². The van der Waals surface area contributed by atoms with Crippen LogP contribution in [-0.4, -0.2) is 26.0 Å². The summed E-state index contributed by atoms with van der Waals surface area (Å²) in [5.41, 5.74) is 0. The van der Waals surface area contributed by atoms with E-state index in [2.05, 4.69) is 5.32 Å². The number of amides is 1. The van der Waals surface area contributed by atoms with E-state index in [4.69, 9.17) is 0 Å². The minimum atomic E-state index is -3.37. The summed E-state index contributed by atoms with van der Waals surface area (Å²) in [5.74, 6) is -0.0498. The summed E-state index contributed by atoms with van der Waals surface area (Å²) in [6.07, 6.45) is 0. The number of hydrogen-bond acceptors (Lipinski definition) is 3. The van der Waals surface area contributed by atoms with Gasteiger partial charge in [0.1, 0.15) is 0 Å². The van der Waals surface area contributed by atoms with Crippen LogP contribution in [0, 0.1) is 0 Å². The highest BCUT2D eigenvalue weighted by molar-refractivity contribution is 8.06. The molecule has 0 aromatic rings. The van der Waals surface area contributed by atoms with Crippen LogP contribution in [0.3, 0.4) is 0 Å². The van der Waals surface area contributed by atoms with Gasteiger partial charge in [-0.2, -0.15) is 0 Å². The van der Waals surface area contributed by atoms with E-state index in [1.165, 1.54) is 0 Å². The maximum atomic E-state index is 10.3. The van der Waals surface area contributed by atoms with E-state index in [0.29, 0.717) is 0 Å². The van der Waals surface area contributed by atoms with Crippen LogP contribution in [0.4, 0.5) is 4.79 Å². The summed E-state index contributed by atoms with van der Waals surface area (Å²) in [6.45, 7) is 0.265. The number of sulfone groups is 1. The van der Waals surface area contributed by atoms with Gasteiger partial charge in [-0.15, -0.1) is 0 Å². The van der Waals surface area contributed by atoms with Gasteiger partial charge >= 0.3 is 5.24 Å². The van der Waals surface area contributed by atoms with Crippen LogP contribution in [-0.2, 0) is 9.84 Å². The van der Waals surface area contributed by atoms with Crippen LogP contribution in [0.5, 0.6) is 0 Å². The first kappa shape index (κ1) is 5.55. The zero-order valence-corrected chi connectivity index (χ0v) is 4.86. The SMILES string of the molecule is O=C1NCCS1(=O)=O. The summed E-state index contributed by atoms with van der Waals surface area (Å²) < 4.78 is 20.7. The minimum Gasteiger partial charge on any atom is -0.342 e. The third kappa shape index (κ3) is 0.686. The van der Waals surface area contributed by atoms with Gasteiger partial charge in [-0.3, -0.25) is 4.79 Å². The average molecular weight is 135 g/mol. The second-order valence-electron chi connectivity index (χ2n) is 1.53. The molecule has 0 spiro atoms. The second kappa shape index (κ2) is 1.45. The second-order valence-corrected chi connectivity index (χ2v) is 3.54. The Hall–Kier alpha value is -0.580. The normalized spacial score (nSPS) is 25.2. The number of rotatable bonds is 0. The zero-order valence-electron chi connectivity index (χ0n) is 4.05. The molecule has 0 aliphatic carbocycles. The lowest BCUT2D eigenvalue weighted by Gasteiger charge is -1.81. The highest BCUT2D eigenvalue weighted by Crippen LogP contribution is 1.96. The Bertz CT molecular complexity index is 205. The fourth-order valence-electron chi connectivity index (χ4n) is 0.490. The molecule has 0 saturated carbocycles. The lowest BCUT2D eigenvalue weighted by atomic mass is 10.8. The maximum absolute atomic E-state index is 10.3. The fourth-order valence-corrected chi connectivity index (χ4v) is 1.37. The van der Waals surface area contributed by atoms with Crippen LogP contribution < -0.4 is 5.32 Å². The Morgan fingerprint density at radius 2 is 2.12 bits per heavy atom. The van der Waals surface area contributed by atoms with Gasteiger partial charge in [0.05, 0.1) is 5.75 Å². The molecule has 0 bridgehead atoms. The van der Waals surface area contributed by atoms with Crippen molar-refractivity contribution in [2.24, 2.45) is 0 Å². The van der Waals surface area contributed by atoms with Gasteiger partial charge in [0.25, 0.3) is 0 Å². The van der Waals surface area contributed by atoms with Crippen molar-refractivity contribution in [3.63, 3.8) is 0 Å². The van der Waals surface area contributed by atoms with E-state index < -0.39 is 15.1 Å². The summed E-state index contributed by atoms with van der Waals surface area (Å²) in [5, 5.41) is 1.35. The number of carbonyl (C=O) groups is 1. The molecule has 1 N–H and O–H groups in total. The maximum Gasteiger partial charge on any atom is 0.336 e. The standard InChI is InChI=1S/C3H5NO3S/c5-3-4-1-2-8(3,6)7/h1-2H2,(H,4,5). The van der Waals surface area contributed by atoms with E-state index >= 15 is 0 Å². The van der Waals surface area contributed by atoms with Crippen LogP contribution >= 0.6 is 0 Å². The van der Waals surface area contributed by atoms with Crippen molar-refractivity contribution < 1.29 is 13.2 Å². The molecule has 8 heavy (non-hydrogen) atoms. The summed E-state index contributed by atoms with van der Waals surface area (Å²) in [7, 11) is -3.37. The zero-order chi connectivity index (χ0) is 6.20. The highest BCUT2D eigenvalue weighted by Gasteiger charge is 2.27. The molecule has 1 saturated heterocycles. The molecule has 0 atom stereocenters. The fraction of sp³-hybridized carbons (Fsp3) is 0.667. The van der Waals surface area contributed by atoms with Crippen LogP contribution in [0.1, 0.15) is 0 Å². The Kier molecular flexibility index (Phi) is 1.00. The molecular formula is C3H5NO3S. The molecule has 1 fully saturated rings. The van der Waals surface area contributed by atoms with E-state index in [1.807, 2.05) is 0 Å². The quantitative estimate of drug-likeness (QED) is 0.469. The van der Waals surface area contributed by atoms with Crippen molar-refractivity contribution >= 4 is 15.1 Å². The third-order valence-electron chi connectivity index (χ3n) is 0.923. The van der Waals surface area contributed by atoms with Gasteiger partial charge in [-0.25, -0.2) is 8.42 Å². The molecule has 1 aliphatic rings. The minimum absolute atomic E-state index is 0.0498. The van der Waals surface area contributed by atoms with E-state index in [0.717, 1.165) is 0 Å². The molecule has 0 aromatic carbocycles. The Labute approximate surface area is 46.8 Å². The van der Waals surface area contributed by atoms with Crippen molar-refractivity contribution in [2.45, 2.75) is 0 Å². The molecule has 4 nitrogen and oxygen atoms in total. The Morgan fingerprint density at radius 3 is 2.25 bits per heavy atom. The molecule has 0 radical (unpaired) electrons. The molecule has 5 heteroatoms. The summed E-state index contributed by atoms with van der Waals surface area (Å²) in [4.78, 5) is 10.2.